The van der Waals surface area contributed by atoms with Gasteiger partial charge in [0.15, 0.2) is 0 Å². The van der Waals surface area contributed by atoms with Crippen LogP contribution in [0.5, 0.6) is 5.75 Å². The summed E-state index contributed by atoms with van der Waals surface area (Å²) in [5.41, 5.74) is 1.89. The van der Waals surface area contributed by atoms with Crippen LogP contribution in [0, 0.1) is 0 Å². The van der Waals surface area contributed by atoms with Gasteiger partial charge in [0.25, 0.3) is 11.8 Å². The van der Waals surface area contributed by atoms with E-state index in [1.54, 1.807) is 36.4 Å². The molecule has 0 aromatic heterocycles. The third kappa shape index (κ3) is 3.96. The van der Waals surface area contributed by atoms with Crippen molar-refractivity contribution in [2.24, 2.45) is 0 Å². The van der Waals surface area contributed by atoms with E-state index in [9.17, 15) is 14.4 Å². The van der Waals surface area contributed by atoms with Crippen molar-refractivity contribution < 1.29 is 19.1 Å². The number of aryl methyl sites for hydroxylation is 1. The van der Waals surface area contributed by atoms with Gasteiger partial charge >= 0.3 is 6.03 Å². The summed E-state index contributed by atoms with van der Waals surface area (Å²) in [5, 5.41) is 2.25. The highest BCUT2D eigenvalue weighted by Gasteiger charge is 2.37. The van der Waals surface area contributed by atoms with Crippen molar-refractivity contribution in [1.82, 2.24) is 5.32 Å². The molecule has 0 saturated carbocycles. The quantitative estimate of drug-likeness (QED) is 0.636. The fraction of sp³-hybridized carbons (Fsp3) is 0.227. The molecule has 4 amide bonds. The molecule has 28 heavy (non-hydrogen) atoms. The number of nitrogens with one attached hydrogen (secondary N) is 1. The van der Waals surface area contributed by atoms with E-state index in [-0.39, 0.29) is 11.7 Å². The number of hydrogen-bond acceptors (Lipinski definition) is 4. The lowest BCUT2D eigenvalue weighted by Gasteiger charge is -2.28. The van der Waals surface area contributed by atoms with E-state index >= 15 is 0 Å². The molecule has 3 rings (SSSR count). The summed E-state index contributed by atoms with van der Waals surface area (Å²) in [6.45, 7) is 5.80. The summed E-state index contributed by atoms with van der Waals surface area (Å²) in [5.74, 6) is -0.648. The van der Waals surface area contributed by atoms with Crippen molar-refractivity contribution in [3.05, 3.63) is 65.2 Å². The van der Waals surface area contributed by atoms with Crippen LogP contribution in [-0.2, 0) is 16.0 Å². The highest BCUT2D eigenvalue weighted by Crippen LogP contribution is 2.26. The molecule has 1 saturated heterocycles. The molecule has 1 aliphatic rings. The van der Waals surface area contributed by atoms with Gasteiger partial charge in [-0.3, -0.25) is 14.9 Å². The summed E-state index contributed by atoms with van der Waals surface area (Å²) in [7, 11) is 0. The normalized spacial score (nSPS) is 15.9. The Balaban J connectivity index is 1.94. The number of imide groups is 2. The van der Waals surface area contributed by atoms with Crippen LogP contribution in [0.2, 0.25) is 0 Å². The summed E-state index contributed by atoms with van der Waals surface area (Å²) >= 11 is 0. The zero-order valence-electron chi connectivity index (χ0n) is 16.1. The van der Waals surface area contributed by atoms with E-state index in [1.807, 2.05) is 32.9 Å². The van der Waals surface area contributed by atoms with Gasteiger partial charge in [-0.15, -0.1) is 0 Å². The lowest BCUT2D eigenvalue weighted by Crippen LogP contribution is -2.54. The van der Waals surface area contributed by atoms with Crippen molar-refractivity contribution >= 4 is 29.6 Å². The van der Waals surface area contributed by atoms with Gasteiger partial charge in [0.05, 0.1) is 11.8 Å². The van der Waals surface area contributed by atoms with Crippen LogP contribution in [0.1, 0.15) is 31.9 Å². The molecule has 6 nitrogen and oxygen atoms in total. The minimum atomic E-state index is -0.742. The number of anilines is 1. The number of ether oxygens (including phenoxy) is 1. The molecule has 0 atom stereocenters. The van der Waals surface area contributed by atoms with Crippen LogP contribution >= 0.6 is 0 Å². The molecule has 1 N–H and O–H groups in total. The molecule has 0 unspecified atom stereocenters. The molecule has 2 aromatic rings. The Morgan fingerprint density at radius 2 is 1.71 bits per heavy atom. The van der Waals surface area contributed by atoms with Gasteiger partial charge in [-0.25, -0.2) is 9.69 Å². The SMILES string of the molecule is CCc1ccccc1N1C(=O)NC(=O)/C(=C/c2ccc(OC(C)C)cc2)C1=O. The number of barbiturate groups is 1. The Hall–Kier alpha value is -3.41. The van der Waals surface area contributed by atoms with Gasteiger partial charge in [0.1, 0.15) is 11.3 Å². The number of carbonyl (C=O) groups excluding carboxylic acids is 3. The summed E-state index contributed by atoms with van der Waals surface area (Å²) < 4.78 is 5.60. The van der Waals surface area contributed by atoms with E-state index in [2.05, 4.69) is 5.32 Å². The first kappa shape index (κ1) is 19.4. The number of carbonyl (C=O) groups is 3. The van der Waals surface area contributed by atoms with E-state index in [0.717, 1.165) is 10.5 Å². The highest BCUT2D eigenvalue weighted by atomic mass is 16.5. The first-order valence-electron chi connectivity index (χ1n) is 9.16. The fourth-order valence-electron chi connectivity index (χ4n) is 2.99. The average molecular weight is 378 g/mol. The van der Waals surface area contributed by atoms with Crippen LogP contribution in [0.4, 0.5) is 10.5 Å². The van der Waals surface area contributed by atoms with Crippen molar-refractivity contribution in [3.8, 4) is 5.75 Å². The van der Waals surface area contributed by atoms with Gasteiger partial charge < -0.3 is 4.74 Å². The van der Waals surface area contributed by atoms with Gasteiger partial charge in [-0.2, -0.15) is 0 Å². The number of para-hydroxylation sites is 1. The fourth-order valence-corrected chi connectivity index (χ4v) is 2.99. The highest BCUT2D eigenvalue weighted by molar-refractivity contribution is 6.39. The standard InChI is InChI=1S/C22H22N2O4/c1-4-16-7-5-6-8-19(16)24-21(26)18(20(25)23-22(24)27)13-15-9-11-17(12-10-15)28-14(2)3/h5-14H,4H2,1-3H3,(H,23,25,27)/b18-13-. The molecule has 144 valence electrons. The third-order valence-electron chi connectivity index (χ3n) is 4.28. The second-order valence-electron chi connectivity index (χ2n) is 6.68. The van der Waals surface area contributed by atoms with E-state index in [1.165, 1.54) is 6.08 Å². The molecular weight excluding hydrogens is 356 g/mol. The van der Waals surface area contributed by atoms with Crippen LogP contribution in [0.3, 0.4) is 0 Å². The number of nitrogens with zero attached hydrogens (tertiary/aromatic N) is 1. The maximum atomic E-state index is 13.0. The van der Waals surface area contributed by atoms with Gasteiger partial charge in [0, 0.05) is 0 Å². The predicted octanol–water partition coefficient (Wildman–Crippen LogP) is 3.70. The van der Waals surface area contributed by atoms with Crippen molar-refractivity contribution in [1.29, 1.82) is 0 Å². The first-order valence-corrected chi connectivity index (χ1v) is 9.16. The molecular formula is C22H22N2O4. The van der Waals surface area contributed by atoms with E-state index < -0.39 is 17.8 Å². The third-order valence-corrected chi connectivity index (χ3v) is 4.28. The second-order valence-corrected chi connectivity index (χ2v) is 6.68. The summed E-state index contributed by atoms with van der Waals surface area (Å²) in [6.07, 6.45) is 2.18. The van der Waals surface area contributed by atoms with Crippen molar-refractivity contribution in [2.75, 3.05) is 4.90 Å². The van der Waals surface area contributed by atoms with Gasteiger partial charge in [0.2, 0.25) is 0 Å². The lowest BCUT2D eigenvalue weighted by molar-refractivity contribution is -0.122. The Labute approximate surface area is 163 Å². The van der Waals surface area contributed by atoms with Crippen LogP contribution in [0.15, 0.2) is 54.1 Å². The number of hydrogen-bond donors (Lipinski definition) is 1. The van der Waals surface area contributed by atoms with Gasteiger partial charge in [-0.1, -0.05) is 37.3 Å². The molecule has 0 bridgehead atoms. The molecule has 0 aliphatic carbocycles. The number of amides is 4. The monoisotopic (exact) mass is 378 g/mol. The maximum absolute atomic E-state index is 13.0. The number of benzene rings is 2. The molecule has 1 fully saturated rings. The molecule has 1 heterocycles. The average Bonchev–Trinajstić information content (AvgIpc) is 2.66. The first-order chi connectivity index (χ1) is 13.4. The molecule has 1 aliphatic heterocycles. The van der Waals surface area contributed by atoms with Crippen LogP contribution in [-0.4, -0.2) is 23.9 Å². The molecule has 0 spiro atoms. The van der Waals surface area contributed by atoms with Gasteiger partial charge in [-0.05, 0) is 55.7 Å². The summed E-state index contributed by atoms with van der Waals surface area (Å²) in [4.78, 5) is 38.6. The Bertz CT molecular complexity index is 945. The zero-order valence-corrected chi connectivity index (χ0v) is 16.1. The Kier molecular flexibility index (Phi) is 5.59. The van der Waals surface area contributed by atoms with E-state index in [0.29, 0.717) is 23.4 Å². The van der Waals surface area contributed by atoms with Crippen LogP contribution < -0.4 is 15.0 Å². The predicted molar refractivity (Wildman–Crippen MR) is 107 cm³/mol. The second kappa shape index (κ2) is 8.08. The van der Waals surface area contributed by atoms with E-state index in [4.69, 9.17) is 4.74 Å². The molecule has 0 radical (unpaired) electrons. The zero-order chi connectivity index (χ0) is 20.3. The maximum Gasteiger partial charge on any atom is 0.335 e. The Morgan fingerprint density at radius 3 is 2.36 bits per heavy atom. The van der Waals surface area contributed by atoms with Crippen molar-refractivity contribution in [3.63, 3.8) is 0 Å². The van der Waals surface area contributed by atoms with Crippen molar-refractivity contribution in [2.45, 2.75) is 33.3 Å². The van der Waals surface area contributed by atoms with Crippen LogP contribution in [0.25, 0.3) is 6.08 Å². The minimum absolute atomic E-state index is 0.0492. The lowest BCUT2D eigenvalue weighted by atomic mass is 10.0. The Morgan fingerprint density at radius 1 is 1.04 bits per heavy atom. The molecule has 6 heteroatoms. The topological polar surface area (TPSA) is 75.7 Å². The minimum Gasteiger partial charge on any atom is -0.491 e. The molecule has 2 aromatic carbocycles. The smallest absolute Gasteiger partial charge is 0.335 e. The number of rotatable bonds is 5. The number of urea groups is 1. The largest absolute Gasteiger partial charge is 0.491 e. The summed E-state index contributed by atoms with van der Waals surface area (Å²) in [6, 6.07) is 13.5.